The standard InChI is InChI=1S/C30H30ClF3N4O2/c1-2-26-29(38-20-23(31)8-14-28(38)35-26)27(39)13-7-21-3-9-24(10-4-21)37-17-15-36(16-18-37)19-22-5-11-25(12-6-22)40-30(32,33)34/h3-6,8-12,14,20H,2,7,13,15-19H2,1H3. The van der Waals surface area contributed by atoms with Gasteiger partial charge < -0.3 is 9.64 Å². The van der Waals surface area contributed by atoms with E-state index in [-0.39, 0.29) is 11.5 Å². The molecule has 1 fully saturated rings. The Morgan fingerprint density at radius 1 is 0.950 bits per heavy atom. The fourth-order valence-corrected chi connectivity index (χ4v) is 5.24. The normalized spacial score (nSPS) is 14.6. The molecule has 0 atom stereocenters. The predicted octanol–water partition coefficient (Wildman–Crippen LogP) is 6.59. The molecule has 0 amide bonds. The predicted molar refractivity (Wildman–Crippen MR) is 149 cm³/mol. The van der Waals surface area contributed by atoms with Gasteiger partial charge in [-0.15, -0.1) is 13.2 Å². The molecule has 2 aromatic carbocycles. The number of ether oxygens (including phenoxy) is 1. The summed E-state index contributed by atoms with van der Waals surface area (Å²) >= 11 is 6.16. The number of ketones is 1. The topological polar surface area (TPSA) is 50.1 Å². The van der Waals surface area contributed by atoms with Crippen LogP contribution in [0.2, 0.25) is 5.02 Å². The van der Waals surface area contributed by atoms with Crippen molar-refractivity contribution in [2.75, 3.05) is 31.1 Å². The minimum absolute atomic E-state index is 0.0503. The Hall–Kier alpha value is -3.56. The first-order valence-electron chi connectivity index (χ1n) is 13.3. The number of imidazole rings is 1. The summed E-state index contributed by atoms with van der Waals surface area (Å²) in [5, 5.41) is 0.562. The highest BCUT2D eigenvalue weighted by molar-refractivity contribution is 6.30. The molecule has 0 radical (unpaired) electrons. The molecule has 1 saturated heterocycles. The van der Waals surface area contributed by atoms with Crippen LogP contribution < -0.4 is 9.64 Å². The third kappa shape index (κ3) is 6.77. The Balaban J connectivity index is 1.12. The molecule has 40 heavy (non-hydrogen) atoms. The van der Waals surface area contributed by atoms with Gasteiger partial charge >= 0.3 is 6.36 Å². The number of Topliss-reactive ketones (excluding diaryl/α,β-unsaturated/α-hetero) is 1. The van der Waals surface area contributed by atoms with Crippen molar-refractivity contribution in [2.24, 2.45) is 0 Å². The molecule has 4 aromatic rings. The molecule has 6 nitrogen and oxygen atoms in total. The Labute approximate surface area is 235 Å². The van der Waals surface area contributed by atoms with Crippen LogP contribution in [-0.2, 0) is 19.4 Å². The Bertz CT molecular complexity index is 1460. The van der Waals surface area contributed by atoms with Gasteiger partial charge in [0.2, 0.25) is 0 Å². The van der Waals surface area contributed by atoms with Crippen molar-refractivity contribution in [3.8, 4) is 5.75 Å². The van der Waals surface area contributed by atoms with Gasteiger partial charge in [-0.25, -0.2) is 4.98 Å². The number of nitrogens with zero attached hydrogens (tertiary/aromatic N) is 4. The van der Waals surface area contributed by atoms with Crippen LogP contribution in [0.15, 0.2) is 66.9 Å². The lowest BCUT2D eigenvalue weighted by Crippen LogP contribution is -2.45. The third-order valence-corrected chi connectivity index (χ3v) is 7.35. The maximum absolute atomic E-state index is 13.2. The smallest absolute Gasteiger partial charge is 0.406 e. The molecule has 1 aliphatic rings. The van der Waals surface area contributed by atoms with Crippen molar-refractivity contribution < 1.29 is 22.7 Å². The number of alkyl halides is 3. The summed E-state index contributed by atoms with van der Waals surface area (Å²) in [5.74, 6) is -0.158. The molecule has 3 heterocycles. The molecular weight excluding hydrogens is 541 g/mol. The van der Waals surface area contributed by atoms with E-state index in [1.54, 1.807) is 28.8 Å². The van der Waals surface area contributed by atoms with Crippen LogP contribution >= 0.6 is 11.6 Å². The van der Waals surface area contributed by atoms with E-state index in [9.17, 15) is 18.0 Å². The van der Waals surface area contributed by atoms with Gasteiger partial charge in [0.25, 0.3) is 0 Å². The number of fused-ring (bicyclic) bond motifs is 1. The van der Waals surface area contributed by atoms with Crippen molar-refractivity contribution in [1.29, 1.82) is 0 Å². The first-order chi connectivity index (χ1) is 19.2. The summed E-state index contributed by atoms with van der Waals surface area (Å²) in [6.45, 7) is 6.06. The first-order valence-corrected chi connectivity index (χ1v) is 13.7. The van der Waals surface area contributed by atoms with Crippen molar-refractivity contribution >= 4 is 28.7 Å². The van der Waals surface area contributed by atoms with Gasteiger partial charge in [-0.3, -0.25) is 14.1 Å². The second kappa shape index (κ2) is 11.9. The molecule has 0 aliphatic carbocycles. The monoisotopic (exact) mass is 570 g/mol. The summed E-state index contributed by atoms with van der Waals surface area (Å²) in [5.41, 5.74) is 5.29. The van der Waals surface area contributed by atoms with Crippen molar-refractivity contribution in [2.45, 2.75) is 39.1 Å². The maximum Gasteiger partial charge on any atom is 0.573 e. The summed E-state index contributed by atoms with van der Waals surface area (Å²) < 4.78 is 42.8. The van der Waals surface area contributed by atoms with Gasteiger partial charge in [-0.1, -0.05) is 42.8 Å². The number of anilines is 1. The summed E-state index contributed by atoms with van der Waals surface area (Å²) in [6.07, 6.45) is -1.25. The SMILES string of the molecule is CCc1nc2ccc(Cl)cn2c1C(=O)CCc1ccc(N2CCN(Cc3ccc(OC(F)(F)F)cc3)CC2)cc1. The molecule has 0 spiro atoms. The summed E-state index contributed by atoms with van der Waals surface area (Å²) in [4.78, 5) is 22.4. The number of pyridine rings is 1. The number of aromatic nitrogens is 2. The Kier molecular flexibility index (Phi) is 8.32. The van der Waals surface area contributed by atoms with Crippen LogP contribution in [0.3, 0.4) is 0 Å². The molecule has 210 valence electrons. The van der Waals surface area contributed by atoms with Crippen LogP contribution in [0.4, 0.5) is 18.9 Å². The molecule has 0 unspecified atom stereocenters. The number of aryl methyl sites for hydroxylation is 2. The fourth-order valence-electron chi connectivity index (χ4n) is 5.08. The van der Waals surface area contributed by atoms with E-state index in [0.29, 0.717) is 36.5 Å². The quantitative estimate of drug-likeness (QED) is 0.213. The van der Waals surface area contributed by atoms with Crippen LogP contribution in [-0.4, -0.2) is 52.6 Å². The van der Waals surface area contributed by atoms with Gasteiger partial charge in [0.15, 0.2) is 5.78 Å². The van der Waals surface area contributed by atoms with Gasteiger partial charge in [-0.2, -0.15) is 0 Å². The lowest BCUT2D eigenvalue weighted by molar-refractivity contribution is -0.274. The molecule has 0 saturated carbocycles. The van der Waals surface area contributed by atoms with Crippen LogP contribution in [0, 0.1) is 0 Å². The second-order valence-corrected chi connectivity index (χ2v) is 10.3. The second-order valence-electron chi connectivity index (χ2n) is 9.88. The average molecular weight is 571 g/mol. The van der Waals surface area contributed by atoms with E-state index < -0.39 is 6.36 Å². The van der Waals surface area contributed by atoms with Crippen LogP contribution in [0.25, 0.3) is 5.65 Å². The highest BCUT2D eigenvalue weighted by Crippen LogP contribution is 2.24. The lowest BCUT2D eigenvalue weighted by atomic mass is 10.0. The average Bonchev–Trinajstić information content (AvgIpc) is 3.30. The number of halogens is 4. The highest BCUT2D eigenvalue weighted by Gasteiger charge is 2.31. The van der Waals surface area contributed by atoms with Gasteiger partial charge in [0.1, 0.15) is 17.1 Å². The van der Waals surface area contributed by atoms with Crippen molar-refractivity contribution in [3.05, 3.63) is 94.4 Å². The van der Waals surface area contributed by atoms with Crippen molar-refractivity contribution in [1.82, 2.24) is 14.3 Å². The number of piperazine rings is 1. The minimum Gasteiger partial charge on any atom is -0.406 e. The number of hydrogen-bond acceptors (Lipinski definition) is 5. The van der Waals surface area contributed by atoms with E-state index in [0.717, 1.165) is 54.3 Å². The molecule has 0 bridgehead atoms. The van der Waals surface area contributed by atoms with Gasteiger partial charge in [-0.05, 0) is 60.4 Å². The minimum atomic E-state index is -4.68. The molecule has 5 rings (SSSR count). The number of carbonyl (C=O) groups is 1. The Morgan fingerprint density at radius 2 is 1.62 bits per heavy atom. The highest BCUT2D eigenvalue weighted by atomic mass is 35.5. The number of carbonyl (C=O) groups excluding carboxylic acids is 1. The molecule has 1 aliphatic heterocycles. The zero-order valence-electron chi connectivity index (χ0n) is 22.1. The first kappa shape index (κ1) is 28.0. The lowest BCUT2D eigenvalue weighted by Gasteiger charge is -2.36. The van der Waals surface area contributed by atoms with E-state index in [1.165, 1.54) is 12.1 Å². The molecule has 0 N–H and O–H groups in total. The van der Waals surface area contributed by atoms with E-state index in [1.807, 2.05) is 13.0 Å². The zero-order valence-corrected chi connectivity index (χ0v) is 22.9. The zero-order chi connectivity index (χ0) is 28.3. The van der Waals surface area contributed by atoms with E-state index >= 15 is 0 Å². The molecule has 2 aromatic heterocycles. The Morgan fingerprint density at radius 3 is 2.27 bits per heavy atom. The molecular formula is C30H30ClF3N4O2. The van der Waals surface area contributed by atoms with Gasteiger partial charge in [0.05, 0.1) is 10.7 Å². The fraction of sp³-hybridized carbons (Fsp3) is 0.333. The largest absolute Gasteiger partial charge is 0.573 e. The van der Waals surface area contributed by atoms with Crippen molar-refractivity contribution in [3.63, 3.8) is 0 Å². The number of hydrogen-bond donors (Lipinski definition) is 0. The summed E-state index contributed by atoms with van der Waals surface area (Å²) in [7, 11) is 0. The van der Waals surface area contributed by atoms with Crippen LogP contribution in [0.5, 0.6) is 5.75 Å². The number of benzene rings is 2. The van der Waals surface area contributed by atoms with E-state index in [4.69, 9.17) is 11.6 Å². The van der Waals surface area contributed by atoms with Gasteiger partial charge in [0, 0.05) is 51.0 Å². The maximum atomic E-state index is 13.2. The summed E-state index contributed by atoms with van der Waals surface area (Å²) in [6, 6.07) is 18.0. The molecule has 10 heteroatoms. The third-order valence-electron chi connectivity index (χ3n) is 7.13. The number of rotatable bonds is 9. The van der Waals surface area contributed by atoms with Crippen LogP contribution in [0.1, 0.15) is 40.7 Å². The van der Waals surface area contributed by atoms with E-state index in [2.05, 4.69) is 43.8 Å².